The molecule has 118 valence electrons. The van der Waals surface area contributed by atoms with E-state index in [1.165, 1.54) is 0 Å². The Hall–Kier alpha value is -2.01. The van der Waals surface area contributed by atoms with Gasteiger partial charge in [0.05, 0.1) is 12.7 Å². The van der Waals surface area contributed by atoms with Crippen molar-refractivity contribution in [3.8, 4) is 5.75 Å². The fraction of sp³-hybridized carbons (Fsp3) is 0.278. The molecular formula is C18H17BrN2O2. The second-order valence-corrected chi connectivity index (χ2v) is 6.84. The number of carbonyl (C=O) groups is 1. The molecule has 1 saturated carbocycles. The van der Waals surface area contributed by atoms with E-state index in [4.69, 9.17) is 4.74 Å². The Morgan fingerprint density at radius 1 is 1.22 bits per heavy atom. The minimum Gasteiger partial charge on any atom is -0.496 e. The summed E-state index contributed by atoms with van der Waals surface area (Å²) in [5.74, 6) is 0.873. The molecule has 1 amide bonds. The van der Waals surface area contributed by atoms with Crippen molar-refractivity contribution in [2.45, 2.75) is 25.0 Å². The van der Waals surface area contributed by atoms with Crippen LogP contribution in [0.25, 0.3) is 0 Å². The van der Waals surface area contributed by atoms with E-state index in [0.717, 1.165) is 39.9 Å². The summed E-state index contributed by atoms with van der Waals surface area (Å²) in [5, 5.41) is 3.52. The van der Waals surface area contributed by atoms with Crippen LogP contribution in [0.15, 0.2) is 46.9 Å². The molecule has 0 radical (unpaired) electrons. The zero-order valence-corrected chi connectivity index (χ0v) is 14.3. The number of methoxy groups -OCH3 is 1. The first-order valence-electron chi connectivity index (χ1n) is 7.70. The van der Waals surface area contributed by atoms with Gasteiger partial charge in [0, 0.05) is 21.8 Å². The van der Waals surface area contributed by atoms with Crippen LogP contribution in [0.2, 0.25) is 0 Å². The van der Waals surface area contributed by atoms with Gasteiger partial charge in [0.1, 0.15) is 11.9 Å². The Morgan fingerprint density at radius 2 is 2.00 bits per heavy atom. The Balaban J connectivity index is 1.84. The van der Waals surface area contributed by atoms with E-state index in [0.29, 0.717) is 6.04 Å². The molecule has 4 nitrogen and oxygen atoms in total. The van der Waals surface area contributed by atoms with Crippen LogP contribution in [-0.2, 0) is 0 Å². The molecule has 0 bridgehead atoms. The van der Waals surface area contributed by atoms with Crippen LogP contribution >= 0.6 is 15.9 Å². The molecule has 1 aliphatic heterocycles. The monoisotopic (exact) mass is 372 g/mol. The van der Waals surface area contributed by atoms with Crippen molar-refractivity contribution >= 4 is 27.5 Å². The van der Waals surface area contributed by atoms with E-state index in [-0.39, 0.29) is 12.1 Å². The van der Waals surface area contributed by atoms with E-state index in [1.54, 1.807) is 7.11 Å². The molecule has 1 N–H and O–H groups in total. The maximum Gasteiger partial charge on any atom is 0.258 e. The van der Waals surface area contributed by atoms with Crippen molar-refractivity contribution in [2.24, 2.45) is 0 Å². The van der Waals surface area contributed by atoms with Crippen molar-refractivity contribution in [1.29, 1.82) is 0 Å². The van der Waals surface area contributed by atoms with Crippen LogP contribution in [-0.4, -0.2) is 24.0 Å². The molecule has 0 aromatic heterocycles. The summed E-state index contributed by atoms with van der Waals surface area (Å²) >= 11 is 3.52. The minimum atomic E-state index is -0.211. The number of carbonyl (C=O) groups excluding carboxylic acids is 1. The highest BCUT2D eigenvalue weighted by Gasteiger charge is 2.42. The van der Waals surface area contributed by atoms with Gasteiger partial charge in [0.15, 0.2) is 0 Å². The van der Waals surface area contributed by atoms with Crippen molar-refractivity contribution in [3.63, 3.8) is 0 Å². The molecule has 1 unspecified atom stereocenters. The number of halogens is 1. The third kappa shape index (κ3) is 2.49. The van der Waals surface area contributed by atoms with Crippen LogP contribution in [0.4, 0.5) is 5.69 Å². The Morgan fingerprint density at radius 3 is 2.74 bits per heavy atom. The first kappa shape index (κ1) is 14.6. The molecule has 4 rings (SSSR count). The van der Waals surface area contributed by atoms with Gasteiger partial charge in [-0.1, -0.05) is 28.1 Å². The maximum atomic E-state index is 13.0. The Bertz CT molecular complexity index is 773. The van der Waals surface area contributed by atoms with Gasteiger partial charge in [0.25, 0.3) is 5.91 Å². The molecule has 0 saturated heterocycles. The third-order valence-electron chi connectivity index (χ3n) is 4.39. The lowest BCUT2D eigenvalue weighted by atomic mass is 10.0. The largest absolute Gasteiger partial charge is 0.496 e. The lowest BCUT2D eigenvalue weighted by Crippen LogP contribution is -2.44. The standard InChI is InChI=1S/C18H17BrN2O2/c1-23-16-9-6-11(19)10-14(16)17-20-15-5-3-2-4-13(15)18(22)21(17)12-7-8-12/h2-6,9-10,12,17,20H,7-8H2,1H3. The molecule has 23 heavy (non-hydrogen) atoms. The number of rotatable bonds is 3. The summed E-state index contributed by atoms with van der Waals surface area (Å²) in [6.07, 6.45) is 1.91. The van der Waals surface area contributed by atoms with Crippen LogP contribution in [0, 0.1) is 0 Å². The molecule has 5 heteroatoms. The SMILES string of the molecule is COc1ccc(Br)cc1C1Nc2ccccc2C(=O)N1C1CC1. The molecule has 1 heterocycles. The molecule has 1 aliphatic carbocycles. The number of benzene rings is 2. The fourth-order valence-electron chi connectivity index (χ4n) is 3.14. The topological polar surface area (TPSA) is 41.6 Å². The number of anilines is 1. The average molecular weight is 373 g/mol. The molecule has 2 aromatic rings. The number of nitrogens with zero attached hydrogens (tertiary/aromatic N) is 1. The number of hydrogen-bond donors (Lipinski definition) is 1. The van der Waals surface area contributed by atoms with Gasteiger partial charge >= 0.3 is 0 Å². The van der Waals surface area contributed by atoms with Gasteiger partial charge in [-0.3, -0.25) is 4.79 Å². The highest BCUT2D eigenvalue weighted by Crippen LogP contribution is 2.43. The van der Waals surface area contributed by atoms with Crippen molar-refractivity contribution in [1.82, 2.24) is 4.90 Å². The van der Waals surface area contributed by atoms with Crippen molar-refractivity contribution in [2.75, 3.05) is 12.4 Å². The fourth-order valence-corrected chi connectivity index (χ4v) is 3.52. The zero-order valence-electron chi connectivity index (χ0n) is 12.8. The van der Waals surface area contributed by atoms with E-state index in [9.17, 15) is 4.79 Å². The van der Waals surface area contributed by atoms with Crippen molar-refractivity contribution < 1.29 is 9.53 Å². The molecule has 1 fully saturated rings. The smallest absolute Gasteiger partial charge is 0.258 e. The van der Waals surface area contributed by atoms with E-state index in [2.05, 4.69) is 21.2 Å². The van der Waals surface area contributed by atoms with Crippen LogP contribution in [0.3, 0.4) is 0 Å². The molecule has 2 aliphatic rings. The Kier molecular flexibility index (Phi) is 3.53. The van der Waals surface area contributed by atoms with Crippen molar-refractivity contribution in [3.05, 3.63) is 58.1 Å². The average Bonchev–Trinajstić information content (AvgIpc) is 3.39. The first-order valence-corrected chi connectivity index (χ1v) is 8.50. The van der Waals surface area contributed by atoms with Gasteiger partial charge in [-0.25, -0.2) is 0 Å². The molecule has 1 atom stereocenters. The minimum absolute atomic E-state index is 0.0916. The van der Waals surface area contributed by atoms with Gasteiger partial charge in [-0.05, 0) is 43.2 Å². The zero-order chi connectivity index (χ0) is 16.0. The number of amides is 1. The summed E-state index contributed by atoms with van der Waals surface area (Å²) in [6, 6.07) is 13.9. The predicted molar refractivity (Wildman–Crippen MR) is 92.7 cm³/mol. The van der Waals surface area contributed by atoms with Crippen LogP contribution in [0.1, 0.15) is 34.9 Å². The molecule has 0 spiro atoms. The quantitative estimate of drug-likeness (QED) is 0.878. The Labute approximate surface area is 143 Å². The number of para-hydroxylation sites is 1. The number of nitrogens with one attached hydrogen (secondary N) is 1. The summed E-state index contributed by atoms with van der Waals surface area (Å²) in [4.78, 5) is 15.0. The lowest BCUT2D eigenvalue weighted by Gasteiger charge is -2.39. The second-order valence-electron chi connectivity index (χ2n) is 5.92. The summed E-state index contributed by atoms with van der Waals surface area (Å²) in [5.41, 5.74) is 2.59. The number of ether oxygens (including phenoxy) is 1. The second kappa shape index (κ2) is 5.57. The number of fused-ring (bicyclic) bond motifs is 1. The van der Waals surface area contributed by atoms with Gasteiger partial charge in [-0.2, -0.15) is 0 Å². The lowest BCUT2D eigenvalue weighted by molar-refractivity contribution is 0.0664. The van der Waals surface area contributed by atoms with Crippen LogP contribution < -0.4 is 10.1 Å². The molecule has 2 aromatic carbocycles. The number of hydrogen-bond acceptors (Lipinski definition) is 3. The van der Waals surface area contributed by atoms with Crippen LogP contribution in [0.5, 0.6) is 5.75 Å². The van der Waals surface area contributed by atoms with Gasteiger partial charge in [0.2, 0.25) is 0 Å². The summed E-state index contributed by atoms with van der Waals surface area (Å²) < 4.78 is 6.50. The normalized spacial score (nSPS) is 20.0. The van der Waals surface area contributed by atoms with Gasteiger partial charge < -0.3 is 15.0 Å². The predicted octanol–water partition coefficient (Wildman–Crippen LogP) is 4.19. The highest BCUT2D eigenvalue weighted by atomic mass is 79.9. The summed E-state index contributed by atoms with van der Waals surface area (Å²) in [7, 11) is 1.66. The molecular weight excluding hydrogens is 356 g/mol. The maximum absolute atomic E-state index is 13.0. The van der Waals surface area contributed by atoms with E-state index >= 15 is 0 Å². The third-order valence-corrected chi connectivity index (χ3v) is 4.88. The van der Waals surface area contributed by atoms with E-state index < -0.39 is 0 Å². The summed E-state index contributed by atoms with van der Waals surface area (Å²) in [6.45, 7) is 0. The van der Waals surface area contributed by atoms with E-state index in [1.807, 2.05) is 47.4 Å². The highest BCUT2D eigenvalue weighted by molar-refractivity contribution is 9.10. The van der Waals surface area contributed by atoms with Gasteiger partial charge in [-0.15, -0.1) is 0 Å². The first-order chi connectivity index (χ1) is 11.2.